The molecule has 0 aliphatic carbocycles. The fourth-order valence-corrected chi connectivity index (χ4v) is 3.50. The zero-order valence-corrected chi connectivity index (χ0v) is 16.3. The Morgan fingerprint density at radius 2 is 1.69 bits per heavy atom. The number of carbonyl (C=O) groups excluding carboxylic acids is 2. The van der Waals surface area contributed by atoms with Crippen LogP contribution in [0, 0.1) is 0 Å². The third-order valence-corrected chi connectivity index (χ3v) is 5.19. The number of hydrogen-bond donors (Lipinski definition) is 1. The highest BCUT2D eigenvalue weighted by atomic mass is 16.2. The summed E-state index contributed by atoms with van der Waals surface area (Å²) in [5.74, 6) is -0.504. The molecule has 1 aliphatic heterocycles. The number of pyridine rings is 2. The van der Waals surface area contributed by atoms with Crippen molar-refractivity contribution in [2.45, 2.75) is 6.92 Å². The SMILES string of the molecule is CCN1CCN(C(=O)c2cccc(C(=O)Nc3cccc4cccnc34)n2)CC1. The van der Waals surface area contributed by atoms with Crippen molar-refractivity contribution >= 4 is 28.4 Å². The number of nitrogens with zero attached hydrogens (tertiary/aromatic N) is 4. The monoisotopic (exact) mass is 389 g/mol. The van der Waals surface area contributed by atoms with Gasteiger partial charge in [0.25, 0.3) is 11.8 Å². The lowest BCUT2D eigenvalue weighted by Gasteiger charge is -2.33. The molecule has 1 fully saturated rings. The Morgan fingerprint density at radius 3 is 2.48 bits per heavy atom. The van der Waals surface area contributed by atoms with Gasteiger partial charge < -0.3 is 15.1 Å². The predicted molar refractivity (Wildman–Crippen MR) is 112 cm³/mol. The van der Waals surface area contributed by atoms with Gasteiger partial charge in [-0.25, -0.2) is 4.98 Å². The van der Waals surface area contributed by atoms with Crippen LogP contribution in [0.5, 0.6) is 0 Å². The number of aromatic nitrogens is 2. The molecule has 1 saturated heterocycles. The van der Waals surface area contributed by atoms with Gasteiger partial charge in [-0.3, -0.25) is 14.6 Å². The van der Waals surface area contributed by atoms with Gasteiger partial charge in [-0.05, 0) is 30.8 Å². The quantitative estimate of drug-likeness (QED) is 0.742. The Hall–Kier alpha value is -3.32. The Labute approximate surface area is 169 Å². The highest BCUT2D eigenvalue weighted by Crippen LogP contribution is 2.21. The van der Waals surface area contributed by atoms with Gasteiger partial charge in [-0.2, -0.15) is 0 Å². The third-order valence-electron chi connectivity index (χ3n) is 5.19. The average molecular weight is 389 g/mol. The van der Waals surface area contributed by atoms with Crippen LogP contribution < -0.4 is 5.32 Å². The van der Waals surface area contributed by atoms with Gasteiger partial charge in [0.2, 0.25) is 0 Å². The van der Waals surface area contributed by atoms with Gasteiger partial charge in [0.15, 0.2) is 0 Å². The maximum atomic E-state index is 12.8. The second-order valence-electron chi connectivity index (χ2n) is 6.97. The van der Waals surface area contributed by atoms with Crippen molar-refractivity contribution in [3.63, 3.8) is 0 Å². The molecule has 0 bridgehead atoms. The topological polar surface area (TPSA) is 78.4 Å². The largest absolute Gasteiger partial charge is 0.335 e. The molecule has 4 rings (SSSR count). The highest BCUT2D eigenvalue weighted by Gasteiger charge is 2.23. The molecule has 1 aromatic carbocycles. The second-order valence-corrected chi connectivity index (χ2v) is 6.97. The lowest BCUT2D eigenvalue weighted by atomic mass is 10.2. The van der Waals surface area contributed by atoms with Crippen molar-refractivity contribution in [1.82, 2.24) is 19.8 Å². The standard InChI is InChI=1S/C22H23N5O2/c1-2-26-12-14-27(15-13-26)22(29)19-10-4-9-18(24-19)21(28)25-17-8-3-6-16-7-5-11-23-20(16)17/h3-11H,2,12-15H2,1H3,(H,25,28). The number of para-hydroxylation sites is 1. The van der Waals surface area contributed by atoms with E-state index in [0.29, 0.717) is 30.0 Å². The summed E-state index contributed by atoms with van der Waals surface area (Å²) in [6, 6.07) is 14.4. The zero-order valence-electron chi connectivity index (χ0n) is 16.3. The number of nitrogens with one attached hydrogen (secondary N) is 1. The average Bonchev–Trinajstić information content (AvgIpc) is 2.79. The van der Waals surface area contributed by atoms with E-state index in [1.54, 1.807) is 35.4 Å². The molecule has 7 heteroatoms. The third kappa shape index (κ3) is 4.09. The van der Waals surface area contributed by atoms with Crippen molar-refractivity contribution in [2.24, 2.45) is 0 Å². The molecule has 1 N–H and O–H groups in total. The molecule has 2 aromatic heterocycles. The summed E-state index contributed by atoms with van der Waals surface area (Å²) in [7, 11) is 0. The highest BCUT2D eigenvalue weighted by molar-refractivity contribution is 6.07. The van der Waals surface area contributed by atoms with E-state index in [-0.39, 0.29) is 17.5 Å². The molecule has 148 valence electrons. The van der Waals surface area contributed by atoms with Crippen molar-refractivity contribution in [2.75, 3.05) is 38.0 Å². The van der Waals surface area contributed by atoms with E-state index in [2.05, 4.69) is 27.1 Å². The number of rotatable bonds is 4. The van der Waals surface area contributed by atoms with Gasteiger partial charge in [0.1, 0.15) is 11.4 Å². The molecule has 1 aliphatic rings. The molecule has 29 heavy (non-hydrogen) atoms. The van der Waals surface area contributed by atoms with Crippen LogP contribution in [0.25, 0.3) is 10.9 Å². The first-order valence-corrected chi connectivity index (χ1v) is 9.79. The molecule has 7 nitrogen and oxygen atoms in total. The number of amides is 2. The van der Waals surface area contributed by atoms with Crippen LogP contribution in [0.4, 0.5) is 5.69 Å². The molecule has 3 heterocycles. The molecule has 0 atom stereocenters. The van der Waals surface area contributed by atoms with Crippen molar-refractivity contribution in [3.8, 4) is 0 Å². The number of hydrogen-bond acceptors (Lipinski definition) is 5. The normalized spacial score (nSPS) is 14.7. The Morgan fingerprint density at radius 1 is 0.966 bits per heavy atom. The van der Waals surface area contributed by atoms with Crippen LogP contribution in [-0.2, 0) is 0 Å². The molecule has 0 unspecified atom stereocenters. The molecule has 2 amide bonds. The summed E-state index contributed by atoms with van der Waals surface area (Å²) in [5, 5.41) is 3.80. The molecular formula is C22H23N5O2. The van der Waals surface area contributed by atoms with E-state index in [1.807, 2.05) is 24.3 Å². The lowest BCUT2D eigenvalue weighted by molar-refractivity contribution is 0.0637. The van der Waals surface area contributed by atoms with Crippen LogP contribution in [0.1, 0.15) is 27.9 Å². The lowest BCUT2D eigenvalue weighted by Crippen LogP contribution is -2.48. The molecule has 3 aromatic rings. The Bertz CT molecular complexity index is 1040. The minimum Gasteiger partial charge on any atom is -0.335 e. The van der Waals surface area contributed by atoms with E-state index >= 15 is 0 Å². The molecule has 0 spiro atoms. The fraction of sp³-hybridized carbons (Fsp3) is 0.273. The summed E-state index contributed by atoms with van der Waals surface area (Å²) < 4.78 is 0. The van der Waals surface area contributed by atoms with Crippen LogP contribution >= 0.6 is 0 Å². The first-order chi connectivity index (χ1) is 14.2. The summed E-state index contributed by atoms with van der Waals surface area (Å²) >= 11 is 0. The van der Waals surface area contributed by atoms with Crippen molar-refractivity contribution < 1.29 is 9.59 Å². The minimum absolute atomic E-state index is 0.137. The van der Waals surface area contributed by atoms with E-state index in [1.165, 1.54) is 0 Å². The van der Waals surface area contributed by atoms with Gasteiger partial charge in [0.05, 0.1) is 11.2 Å². The van der Waals surface area contributed by atoms with E-state index in [4.69, 9.17) is 0 Å². The number of carbonyl (C=O) groups is 2. The minimum atomic E-state index is -0.367. The first kappa shape index (κ1) is 19.0. The van der Waals surface area contributed by atoms with Crippen LogP contribution in [-0.4, -0.2) is 64.3 Å². The maximum Gasteiger partial charge on any atom is 0.274 e. The number of piperazine rings is 1. The fourth-order valence-electron chi connectivity index (χ4n) is 3.50. The van der Waals surface area contributed by atoms with Gasteiger partial charge in [0, 0.05) is 37.8 Å². The van der Waals surface area contributed by atoms with Crippen LogP contribution in [0.3, 0.4) is 0 Å². The number of fused-ring (bicyclic) bond motifs is 1. The molecular weight excluding hydrogens is 366 g/mol. The molecule has 0 saturated carbocycles. The smallest absolute Gasteiger partial charge is 0.274 e. The van der Waals surface area contributed by atoms with Crippen molar-refractivity contribution in [3.05, 3.63) is 66.1 Å². The van der Waals surface area contributed by atoms with Gasteiger partial charge in [-0.1, -0.05) is 31.2 Å². The summed E-state index contributed by atoms with van der Waals surface area (Å²) in [4.78, 5) is 38.3. The van der Waals surface area contributed by atoms with Gasteiger partial charge in [-0.15, -0.1) is 0 Å². The van der Waals surface area contributed by atoms with E-state index in [0.717, 1.165) is 25.0 Å². The van der Waals surface area contributed by atoms with E-state index < -0.39 is 0 Å². The zero-order chi connectivity index (χ0) is 20.2. The second kappa shape index (κ2) is 8.36. The first-order valence-electron chi connectivity index (χ1n) is 9.79. The predicted octanol–water partition coefficient (Wildman–Crippen LogP) is 2.66. The molecule has 0 radical (unpaired) electrons. The summed E-state index contributed by atoms with van der Waals surface area (Å²) in [6.07, 6.45) is 1.69. The van der Waals surface area contributed by atoms with Crippen LogP contribution in [0.15, 0.2) is 54.7 Å². The van der Waals surface area contributed by atoms with Gasteiger partial charge >= 0.3 is 0 Å². The van der Waals surface area contributed by atoms with E-state index in [9.17, 15) is 9.59 Å². The summed E-state index contributed by atoms with van der Waals surface area (Å²) in [5.41, 5.74) is 1.82. The van der Waals surface area contributed by atoms with Crippen LogP contribution in [0.2, 0.25) is 0 Å². The number of likely N-dealkylation sites (N-methyl/N-ethyl adjacent to an activating group) is 1. The summed E-state index contributed by atoms with van der Waals surface area (Å²) in [6.45, 7) is 6.16. The van der Waals surface area contributed by atoms with Crippen molar-refractivity contribution in [1.29, 1.82) is 0 Å². The Kier molecular flexibility index (Phi) is 5.48. The maximum absolute atomic E-state index is 12.8. The Balaban J connectivity index is 1.51. The number of benzene rings is 1. The number of anilines is 1.